The summed E-state index contributed by atoms with van der Waals surface area (Å²) in [4.78, 5) is 49.8. The van der Waals surface area contributed by atoms with Gasteiger partial charge in [-0.15, -0.1) is 0 Å². The third-order valence-electron chi connectivity index (χ3n) is 7.25. The van der Waals surface area contributed by atoms with Gasteiger partial charge in [-0.05, 0) is 71.6 Å². The molecule has 2 heterocycles. The van der Waals surface area contributed by atoms with E-state index in [-0.39, 0.29) is 23.9 Å². The highest BCUT2D eigenvalue weighted by molar-refractivity contribution is 5.98. The van der Waals surface area contributed by atoms with Crippen LogP contribution in [-0.2, 0) is 14.3 Å². The highest BCUT2D eigenvalue weighted by Gasteiger charge is 2.63. The standard InChI is InChI=1S/C29H37F3N6O5/c1-6-37(7-2)25-33-17-21(34-23(39)29(30,31)32)22(35-25)36-28(24(40)43-27(3,4)5)16-20(28)18-10-12-19(13-11-18)42-26(41)38-14-8-9-15-38/h10-13,17,20H,6-9,14-16H2,1-5H3,(H,34,39)(H,33,35,36)/t20-,28?/m0/s1. The second kappa shape index (κ2) is 12.3. The van der Waals surface area contributed by atoms with Crippen LogP contribution < -0.4 is 20.3 Å². The molecule has 43 heavy (non-hydrogen) atoms. The van der Waals surface area contributed by atoms with Gasteiger partial charge in [-0.1, -0.05) is 12.1 Å². The predicted octanol–water partition coefficient (Wildman–Crippen LogP) is 5.10. The van der Waals surface area contributed by atoms with E-state index in [1.54, 1.807) is 54.8 Å². The first-order valence-electron chi connectivity index (χ1n) is 14.3. The largest absolute Gasteiger partial charge is 0.471 e. The summed E-state index contributed by atoms with van der Waals surface area (Å²) in [5, 5.41) is 4.85. The number of amides is 2. The summed E-state index contributed by atoms with van der Waals surface area (Å²) in [5.74, 6) is -2.91. The lowest BCUT2D eigenvalue weighted by Gasteiger charge is -2.27. The van der Waals surface area contributed by atoms with Gasteiger partial charge in [0.1, 0.15) is 22.6 Å². The van der Waals surface area contributed by atoms with Crippen molar-refractivity contribution in [1.29, 1.82) is 0 Å². The zero-order valence-corrected chi connectivity index (χ0v) is 24.9. The molecule has 1 saturated carbocycles. The summed E-state index contributed by atoms with van der Waals surface area (Å²) in [6.07, 6.45) is -2.41. The molecule has 0 spiro atoms. The number of rotatable bonds is 9. The first kappa shape index (κ1) is 31.8. The summed E-state index contributed by atoms with van der Waals surface area (Å²) in [6, 6.07) is 6.69. The molecule has 234 valence electrons. The number of carbonyl (C=O) groups excluding carboxylic acids is 3. The van der Waals surface area contributed by atoms with Crippen LogP contribution in [0.3, 0.4) is 0 Å². The molecule has 2 atom stereocenters. The lowest BCUT2D eigenvalue weighted by Crippen LogP contribution is -2.41. The molecular weight excluding hydrogens is 569 g/mol. The Hall–Kier alpha value is -4.10. The lowest BCUT2D eigenvalue weighted by atomic mass is 10.0. The lowest BCUT2D eigenvalue weighted by molar-refractivity contribution is -0.167. The fraction of sp³-hybridized carbons (Fsp3) is 0.552. The van der Waals surface area contributed by atoms with Crippen molar-refractivity contribution in [2.24, 2.45) is 0 Å². The maximum atomic E-state index is 13.6. The Morgan fingerprint density at radius 1 is 1.07 bits per heavy atom. The first-order chi connectivity index (χ1) is 20.2. The second-order valence-corrected chi connectivity index (χ2v) is 11.5. The number of ether oxygens (including phenoxy) is 2. The van der Waals surface area contributed by atoms with Crippen molar-refractivity contribution >= 4 is 35.4 Å². The van der Waals surface area contributed by atoms with E-state index in [9.17, 15) is 27.6 Å². The average molecular weight is 607 g/mol. The van der Waals surface area contributed by atoms with Crippen LogP contribution in [0.15, 0.2) is 30.5 Å². The van der Waals surface area contributed by atoms with Crippen LogP contribution in [0.2, 0.25) is 0 Å². The van der Waals surface area contributed by atoms with E-state index in [0.29, 0.717) is 37.5 Å². The number of nitrogens with zero attached hydrogens (tertiary/aromatic N) is 4. The second-order valence-electron chi connectivity index (χ2n) is 11.5. The monoisotopic (exact) mass is 606 g/mol. The Labute approximate surface area is 248 Å². The smallest absolute Gasteiger partial charge is 0.458 e. The third-order valence-corrected chi connectivity index (χ3v) is 7.25. The van der Waals surface area contributed by atoms with E-state index in [2.05, 4.69) is 15.3 Å². The number of likely N-dealkylation sites (tertiary alicyclic amines) is 1. The minimum Gasteiger partial charge on any atom is -0.458 e. The summed E-state index contributed by atoms with van der Waals surface area (Å²) < 4.78 is 50.6. The maximum Gasteiger partial charge on any atom is 0.471 e. The topological polar surface area (TPSA) is 126 Å². The molecule has 1 aromatic carbocycles. The quantitative estimate of drug-likeness (QED) is 0.375. The maximum absolute atomic E-state index is 13.6. The van der Waals surface area contributed by atoms with E-state index >= 15 is 0 Å². The number of halogens is 3. The summed E-state index contributed by atoms with van der Waals surface area (Å²) in [6.45, 7) is 11.2. The van der Waals surface area contributed by atoms with E-state index in [1.165, 1.54) is 0 Å². The Morgan fingerprint density at radius 2 is 1.70 bits per heavy atom. The van der Waals surface area contributed by atoms with E-state index in [0.717, 1.165) is 19.0 Å². The van der Waals surface area contributed by atoms with Gasteiger partial charge >= 0.3 is 24.1 Å². The van der Waals surface area contributed by atoms with Gasteiger partial charge in [0.05, 0.1) is 6.20 Å². The van der Waals surface area contributed by atoms with Crippen molar-refractivity contribution in [2.45, 2.75) is 77.1 Å². The van der Waals surface area contributed by atoms with Gasteiger partial charge in [0.25, 0.3) is 0 Å². The summed E-state index contributed by atoms with van der Waals surface area (Å²) >= 11 is 0. The molecule has 1 saturated heterocycles. The van der Waals surface area contributed by atoms with Crippen molar-refractivity contribution in [3.8, 4) is 5.75 Å². The number of hydrogen-bond acceptors (Lipinski definition) is 9. The molecule has 2 aromatic rings. The number of esters is 1. The Morgan fingerprint density at radius 3 is 2.26 bits per heavy atom. The zero-order valence-electron chi connectivity index (χ0n) is 24.9. The fourth-order valence-electron chi connectivity index (χ4n) is 4.91. The van der Waals surface area contributed by atoms with Gasteiger partial charge in [-0.3, -0.25) is 4.79 Å². The van der Waals surface area contributed by atoms with Crippen LogP contribution in [0.5, 0.6) is 5.75 Å². The van der Waals surface area contributed by atoms with Crippen LogP contribution in [0.4, 0.5) is 35.4 Å². The molecule has 1 aliphatic carbocycles. The molecule has 1 aromatic heterocycles. The predicted molar refractivity (Wildman–Crippen MR) is 153 cm³/mol. The molecule has 2 fully saturated rings. The van der Waals surface area contributed by atoms with Crippen molar-refractivity contribution in [1.82, 2.24) is 14.9 Å². The van der Waals surface area contributed by atoms with Crippen molar-refractivity contribution < 1.29 is 37.0 Å². The van der Waals surface area contributed by atoms with Crippen molar-refractivity contribution in [2.75, 3.05) is 41.7 Å². The minimum atomic E-state index is -5.15. The molecule has 0 bridgehead atoms. The number of nitrogens with one attached hydrogen (secondary N) is 2. The molecule has 11 nitrogen and oxygen atoms in total. The van der Waals surface area contributed by atoms with Crippen molar-refractivity contribution in [3.05, 3.63) is 36.0 Å². The molecule has 1 unspecified atom stereocenters. The number of hydrogen-bond donors (Lipinski definition) is 2. The third kappa shape index (κ3) is 7.46. The van der Waals surface area contributed by atoms with Crippen LogP contribution in [0.1, 0.15) is 65.4 Å². The summed E-state index contributed by atoms with van der Waals surface area (Å²) in [7, 11) is 0. The number of anilines is 3. The van der Waals surface area contributed by atoms with Gasteiger partial charge < -0.3 is 29.9 Å². The normalized spacial score (nSPS) is 19.9. The first-order valence-corrected chi connectivity index (χ1v) is 14.3. The van der Waals surface area contributed by atoms with E-state index in [1.807, 2.05) is 19.2 Å². The van der Waals surface area contributed by atoms with Crippen LogP contribution in [0, 0.1) is 0 Å². The summed E-state index contributed by atoms with van der Waals surface area (Å²) in [5.41, 5.74) is -1.90. The van der Waals surface area contributed by atoms with Gasteiger partial charge in [0, 0.05) is 32.1 Å². The molecule has 2 N–H and O–H groups in total. The molecule has 2 aliphatic rings. The van der Waals surface area contributed by atoms with Crippen molar-refractivity contribution in [3.63, 3.8) is 0 Å². The number of alkyl halides is 3. The molecular formula is C29H37F3N6O5. The SMILES string of the molecule is CCN(CC)c1ncc(NC(=O)C(F)(F)F)c(NC2(C(=O)OC(C)(C)C)C[C@H]2c2ccc(OC(=O)N3CCCC3)cc2)n1. The van der Waals surface area contributed by atoms with E-state index in [4.69, 9.17) is 9.47 Å². The van der Waals surface area contributed by atoms with Gasteiger partial charge in [-0.25, -0.2) is 14.6 Å². The van der Waals surface area contributed by atoms with E-state index < -0.39 is 41.2 Å². The Balaban J connectivity index is 1.65. The van der Waals surface area contributed by atoms with Crippen LogP contribution >= 0.6 is 0 Å². The minimum absolute atomic E-state index is 0.154. The Bertz CT molecular complexity index is 1340. The zero-order chi connectivity index (χ0) is 31.6. The number of aromatic nitrogens is 2. The van der Waals surface area contributed by atoms with Gasteiger partial charge in [0.15, 0.2) is 5.82 Å². The van der Waals surface area contributed by atoms with Crippen LogP contribution in [0.25, 0.3) is 0 Å². The fourth-order valence-corrected chi connectivity index (χ4v) is 4.91. The molecule has 2 amide bonds. The average Bonchev–Trinajstić information content (AvgIpc) is 3.38. The number of carbonyl (C=O) groups is 3. The molecule has 4 rings (SSSR count). The highest BCUT2D eigenvalue weighted by atomic mass is 19.4. The van der Waals surface area contributed by atoms with Crippen LogP contribution in [-0.4, -0.2) is 76.3 Å². The number of benzene rings is 1. The molecule has 0 radical (unpaired) electrons. The highest BCUT2D eigenvalue weighted by Crippen LogP contribution is 2.55. The Kier molecular flexibility index (Phi) is 9.07. The molecule has 14 heteroatoms. The molecule has 1 aliphatic heterocycles. The van der Waals surface area contributed by atoms with Gasteiger partial charge in [-0.2, -0.15) is 18.2 Å². The van der Waals surface area contributed by atoms with Gasteiger partial charge in [0.2, 0.25) is 5.95 Å².